The van der Waals surface area contributed by atoms with Crippen molar-refractivity contribution in [1.82, 2.24) is 15.3 Å². The first-order valence-electron chi connectivity index (χ1n) is 7.27. The van der Waals surface area contributed by atoms with Crippen molar-refractivity contribution < 1.29 is 0 Å². The van der Waals surface area contributed by atoms with Gasteiger partial charge in [-0.3, -0.25) is 0 Å². The second-order valence-corrected chi connectivity index (χ2v) is 5.36. The van der Waals surface area contributed by atoms with E-state index in [1.54, 1.807) is 0 Å². The van der Waals surface area contributed by atoms with Crippen LogP contribution in [0.4, 0.5) is 0 Å². The molecule has 0 atom stereocenters. The Labute approximate surface area is 110 Å². The number of aromatic nitrogens is 2. The first kappa shape index (κ1) is 13.5. The highest BCUT2D eigenvalue weighted by Crippen LogP contribution is 2.34. The molecule has 0 spiro atoms. The summed E-state index contributed by atoms with van der Waals surface area (Å²) in [6, 6.07) is 0. The molecule has 3 nitrogen and oxygen atoms in total. The predicted octanol–water partition coefficient (Wildman–Crippen LogP) is 2.90. The van der Waals surface area contributed by atoms with Crippen molar-refractivity contribution in [2.45, 2.75) is 58.8 Å². The van der Waals surface area contributed by atoms with Crippen molar-refractivity contribution in [3.05, 3.63) is 22.8 Å². The lowest BCUT2D eigenvalue weighted by Gasteiger charge is -2.25. The number of hydrogen-bond donors (Lipinski definition) is 1. The van der Waals surface area contributed by atoms with Crippen LogP contribution < -0.4 is 5.32 Å². The number of rotatable bonds is 6. The molecule has 1 aromatic rings. The van der Waals surface area contributed by atoms with Gasteiger partial charge in [0.15, 0.2) is 0 Å². The Kier molecular flexibility index (Phi) is 4.70. The molecule has 1 N–H and O–H groups in total. The Bertz CT molecular complexity index is 374. The maximum Gasteiger partial charge on any atom is 0.131 e. The molecule has 0 amide bonds. The van der Waals surface area contributed by atoms with E-state index in [4.69, 9.17) is 9.97 Å². The molecule has 3 heteroatoms. The van der Waals surface area contributed by atoms with Gasteiger partial charge in [0, 0.05) is 17.3 Å². The van der Waals surface area contributed by atoms with Gasteiger partial charge in [0.05, 0.1) is 0 Å². The fourth-order valence-electron chi connectivity index (χ4n) is 2.49. The zero-order valence-corrected chi connectivity index (χ0v) is 11.9. The van der Waals surface area contributed by atoms with Gasteiger partial charge in [-0.1, -0.05) is 13.3 Å². The minimum absolute atomic E-state index is 0.634. The Balaban J connectivity index is 2.01. The summed E-state index contributed by atoms with van der Waals surface area (Å²) >= 11 is 0. The van der Waals surface area contributed by atoms with Crippen molar-refractivity contribution in [1.29, 1.82) is 0 Å². The molecule has 1 aliphatic rings. The molecule has 100 valence electrons. The van der Waals surface area contributed by atoms with Crippen LogP contribution in [0.1, 0.15) is 61.3 Å². The molecule has 1 aliphatic carbocycles. The number of nitrogens with one attached hydrogen (secondary N) is 1. The molecule has 2 rings (SSSR count). The Morgan fingerprint density at radius 1 is 1.11 bits per heavy atom. The van der Waals surface area contributed by atoms with Gasteiger partial charge >= 0.3 is 0 Å². The van der Waals surface area contributed by atoms with Gasteiger partial charge in [-0.25, -0.2) is 9.97 Å². The highest BCUT2D eigenvalue weighted by Gasteiger charge is 2.23. The van der Waals surface area contributed by atoms with E-state index in [2.05, 4.69) is 26.1 Å². The molecule has 0 aromatic carbocycles. The van der Waals surface area contributed by atoms with Gasteiger partial charge < -0.3 is 5.32 Å². The summed E-state index contributed by atoms with van der Waals surface area (Å²) in [6.07, 6.45) is 6.12. The molecule has 1 heterocycles. The van der Waals surface area contributed by atoms with Gasteiger partial charge in [-0.2, -0.15) is 0 Å². The van der Waals surface area contributed by atoms with E-state index >= 15 is 0 Å². The largest absolute Gasteiger partial charge is 0.316 e. The van der Waals surface area contributed by atoms with Crippen molar-refractivity contribution in [3.8, 4) is 0 Å². The first-order valence-corrected chi connectivity index (χ1v) is 7.27. The monoisotopic (exact) mass is 247 g/mol. The van der Waals surface area contributed by atoms with Crippen molar-refractivity contribution in [2.75, 3.05) is 13.1 Å². The third-order valence-electron chi connectivity index (χ3n) is 3.89. The molecule has 0 bridgehead atoms. The van der Waals surface area contributed by atoms with Gasteiger partial charge in [-0.05, 0) is 58.2 Å². The quantitative estimate of drug-likeness (QED) is 0.785. The van der Waals surface area contributed by atoms with Crippen LogP contribution in [0.2, 0.25) is 0 Å². The summed E-state index contributed by atoms with van der Waals surface area (Å²) in [7, 11) is 0. The highest BCUT2D eigenvalue weighted by molar-refractivity contribution is 5.25. The fraction of sp³-hybridized carbons (Fsp3) is 0.733. The number of hydrogen-bond acceptors (Lipinski definition) is 3. The lowest BCUT2D eigenvalue weighted by molar-refractivity contribution is 0.399. The molecule has 0 radical (unpaired) electrons. The van der Waals surface area contributed by atoms with Crippen LogP contribution in [0.3, 0.4) is 0 Å². The van der Waals surface area contributed by atoms with Crippen LogP contribution in [0.15, 0.2) is 0 Å². The van der Waals surface area contributed by atoms with Crippen LogP contribution in [0.25, 0.3) is 0 Å². The van der Waals surface area contributed by atoms with Crippen molar-refractivity contribution >= 4 is 0 Å². The van der Waals surface area contributed by atoms with E-state index in [9.17, 15) is 0 Å². The molecule has 1 saturated carbocycles. The first-order chi connectivity index (χ1) is 8.72. The summed E-state index contributed by atoms with van der Waals surface area (Å²) in [5, 5.41) is 3.44. The van der Waals surface area contributed by atoms with Crippen LogP contribution in [0, 0.1) is 13.8 Å². The summed E-state index contributed by atoms with van der Waals surface area (Å²) < 4.78 is 0. The standard InChI is InChI=1S/C15H25N3/c1-4-9-16-10-8-14-11(2)17-15(18-12(14)3)13-6-5-7-13/h13,16H,4-10H2,1-3H3. The summed E-state index contributed by atoms with van der Waals surface area (Å²) in [4.78, 5) is 9.43. The normalized spacial score (nSPS) is 15.7. The van der Waals surface area contributed by atoms with E-state index in [0.717, 1.165) is 25.3 Å². The zero-order chi connectivity index (χ0) is 13.0. The smallest absolute Gasteiger partial charge is 0.131 e. The van der Waals surface area contributed by atoms with Gasteiger partial charge in [0.25, 0.3) is 0 Å². The van der Waals surface area contributed by atoms with Crippen molar-refractivity contribution in [2.24, 2.45) is 0 Å². The maximum atomic E-state index is 4.72. The second kappa shape index (κ2) is 6.28. The Hall–Kier alpha value is -0.960. The van der Waals surface area contributed by atoms with Crippen LogP contribution in [0.5, 0.6) is 0 Å². The third-order valence-corrected chi connectivity index (χ3v) is 3.89. The molecule has 18 heavy (non-hydrogen) atoms. The molecule has 0 aliphatic heterocycles. The fourth-order valence-corrected chi connectivity index (χ4v) is 2.49. The average molecular weight is 247 g/mol. The molecule has 0 saturated heterocycles. The van der Waals surface area contributed by atoms with E-state index < -0.39 is 0 Å². The molecular formula is C15H25N3. The van der Waals surface area contributed by atoms with Gasteiger partial charge in [0.2, 0.25) is 0 Å². The lowest BCUT2D eigenvalue weighted by Crippen LogP contribution is -2.20. The minimum Gasteiger partial charge on any atom is -0.316 e. The molecule has 0 unspecified atom stereocenters. The minimum atomic E-state index is 0.634. The topological polar surface area (TPSA) is 37.8 Å². The Morgan fingerprint density at radius 2 is 1.78 bits per heavy atom. The molecule has 1 aromatic heterocycles. The number of aryl methyl sites for hydroxylation is 2. The van der Waals surface area contributed by atoms with Gasteiger partial charge in [-0.15, -0.1) is 0 Å². The maximum absolute atomic E-state index is 4.72. The van der Waals surface area contributed by atoms with E-state index in [0.29, 0.717) is 5.92 Å². The van der Waals surface area contributed by atoms with Crippen LogP contribution >= 0.6 is 0 Å². The number of nitrogens with zero attached hydrogens (tertiary/aromatic N) is 2. The van der Waals surface area contributed by atoms with E-state index in [1.165, 1.54) is 42.6 Å². The zero-order valence-electron chi connectivity index (χ0n) is 11.9. The van der Waals surface area contributed by atoms with Gasteiger partial charge in [0.1, 0.15) is 5.82 Å². The second-order valence-electron chi connectivity index (χ2n) is 5.36. The summed E-state index contributed by atoms with van der Waals surface area (Å²) in [6.45, 7) is 8.58. The summed E-state index contributed by atoms with van der Waals surface area (Å²) in [5.74, 6) is 1.72. The lowest BCUT2D eigenvalue weighted by atomic mass is 9.84. The van der Waals surface area contributed by atoms with E-state index in [-0.39, 0.29) is 0 Å². The third kappa shape index (κ3) is 3.08. The average Bonchev–Trinajstić information content (AvgIpc) is 2.24. The SMILES string of the molecule is CCCNCCc1c(C)nc(C2CCC2)nc1C. The van der Waals surface area contributed by atoms with Crippen LogP contribution in [-0.4, -0.2) is 23.1 Å². The summed E-state index contributed by atoms with van der Waals surface area (Å²) in [5.41, 5.74) is 3.70. The Morgan fingerprint density at radius 3 is 2.28 bits per heavy atom. The van der Waals surface area contributed by atoms with Crippen LogP contribution in [-0.2, 0) is 6.42 Å². The highest BCUT2D eigenvalue weighted by atomic mass is 14.9. The molecule has 1 fully saturated rings. The van der Waals surface area contributed by atoms with E-state index in [1.807, 2.05) is 0 Å². The molecular weight excluding hydrogens is 222 g/mol. The predicted molar refractivity (Wildman–Crippen MR) is 75.0 cm³/mol. The van der Waals surface area contributed by atoms with Crippen molar-refractivity contribution in [3.63, 3.8) is 0 Å².